The van der Waals surface area contributed by atoms with Crippen LogP contribution in [-0.4, -0.2) is 37.2 Å². The van der Waals surface area contributed by atoms with Crippen LogP contribution < -0.4 is 0 Å². The van der Waals surface area contributed by atoms with Gasteiger partial charge in [-0.2, -0.15) is 0 Å². The zero-order valence-corrected chi connectivity index (χ0v) is 41.4. The van der Waals surface area contributed by atoms with Gasteiger partial charge < -0.3 is 14.2 Å². The van der Waals surface area contributed by atoms with Gasteiger partial charge >= 0.3 is 17.9 Å². The highest BCUT2D eigenvalue weighted by Crippen LogP contribution is 2.16. The van der Waals surface area contributed by atoms with Gasteiger partial charge in [0.2, 0.25) is 0 Å². The van der Waals surface area contributed by atoms with Crippen molar-refractivity contribution < 1.29 is 28.6 Å². The smallest absolute Gasteiger partial charge is 0.306 e. The van der Waals surface area contributed by atoms with Gasteiger partial charge in [-0.25, -0.2) is 0 Å². The minimum atomic E-state index is -0.779. The van der Waals surface area contributed by atoms with Crippen molar-refractivity contribution in [2.24, 2.45) is 0 Å². The molecule has 0 aromatic heterocycles. The highest BCUT2D eigenvalue weighted by molar-refractivity contribution is 5.71. The van der Waals surface area contributed by atoms with E-state index >= 15 is 0 Å². The summed E-state index contributed by atoms with van der Waals surface area (Å²) in [6, 6.07) is 0. The lowest BCUT2D eigenvalue weighted by Gasteiger charge is -2.18. The molecule has 62 heavy (non-hydrogen) atoms. The Bertz CT molecular complexity index is 1050. The third-order valence-corrected chi connectivity index (χ3v) is 11.9. The second kappa shape index (κ2) is 51.3. The lowest BCUT2D eigenvalue weighted by molar-refractivity contribution is -0.167. The number of esters is 3. The standard InChI is InChI=1S/C56H102O6/c1-4-7-10-13-16-19-22-25-27-29-31-34-37-40-43-46-49-55(58)61-52-53(51-60-54(57)48-45-42-39-36-33-30-24-21-18-15-12-9-6-3)62-56(59)50-47-44-41-38-35-32-28-26-23-20-17-14-11-8-5-2/h17,20-21,24,26,28,53H,4-16,18-19,22-23,25,27,29-52H2,1-3H3/b20-17-,24-21-,28-26-. The Hall–Kier alpha value is -2.37. The van der Waals surface area contributed by atoms with E-state index in [0.717, 1.165) is 89.9 Å². The lowest BCUT2D eigenvalue weighted by atomic mass is 10.0. The molecule has 0 bridgehead atoms. The van der Waals surface area contributed by atoms with E-state index in [1.807, 2.05) is 0 Å². The van der Waals surface area contributed by atoms with E-state index in [0.29, 0.717) is 19.3 Å². The van der Waals surface area contributed by atoms with Crippen LogP contribution in [0.3, 0.4) is 0 Å². The van der Waals surface area contributed by atoms with Gasteiger partial charge in [0.1, 0.15) is 13.2 Å². The van der Waals surface area contributed by atoms with Crippen molar-refractivity contribution in [3.63, 3.8) is 0 Å². The first-order valence-corrected chi connectivity index (χ1v) is 27.0. The van der Waals surface area contributed by atoms with Gasteiger partial charge in [-0.05, 0) is 77.0 Å². The Balaban J connectivity index is 4.37. The molecule has 6 nitrogen and oxygen atoms in total. The Kier molecular flexibility index (Phi) is 49.3. The summed E-state index contributed by atoms with van der Waals surface area (Å²) >= 11 is 0. The largest absolute Gasteiger partial charge is 0.462 e. The number of carbonyl (C=O) groups excluding carboxylic acids is 3. The van der Waals surface area contributed by atoms with Crippen LogP contribution in [0, 0.1) is 0 Å². The van der Waals surface area contributed by atoms with Crippen molar-refractivity contribution in [2.45, 2.75) is 290 Å². The summed E-state index contributed by atoms with van der Waals surface area (Å²) in [5, 5.41) is 0. The van der Waals surface area contributed by atoms with Crippen LogP contribution in [0.1, 0.15) is 284 Å². The topological polar surface area (TPSA) is 78.9 Å². The summed E-state index contributed by atoms with van der Waals surface area (Å²) in [6.07, 6.45) is 59.8. The Morgan fingerprint density at radius 3 is 0.952 bits per heavy atom. The predicted octanol–water partition coefficient (Wildman–Crippen LogP) is 17.7. The lowest BCUT2D eigenvalue weighted by Crippen LogP contribution is -2.30. The molecule has 1 unspecified atom stereocenters. The Morgan fingerprint density at radius 2 is 0.581 bits per heavy atom. The average molecular weight is 871 g/mol. The highest BCUT2D eigenvalue weighted by Gasteiger charge is 2.19. The van der Waals surface area contributed by atoms with Gasteiger partial charge in [-0.3, -0.25) is 14.4 Å². The zero-order chi connectivity index (χ0) is 45.1. The molecule has 0 amide bonds. The molecule has 362 valence electrons. The van der Waals surface area contributed by atoms with Crippen LogP contribution in [0.25, 0.3) is 0 Å². The predicted molar refractivity (Wildman–Crippen MR) is 266 cm³/mol. The fourth-order valence-electron chi connectivity index (χ4n) is 7.76. The molecule has 1 atom stereocenters. The van der Waals surface area contributed by atoms with Crippen LogP contribution in [0.4, 0.5) is 0 Å². The second-order valence-electron chi connectivity index (χ2n) is 18.1. The zero-order valence-electron chi connectivity index (χ0n) is 41.4. The van der Waals surface area contributed by atoms with Gasteiger partial charge in [0.25, 0.3) is 0 Å². The number of allylic oxidation sites excluding steroid dienone is 6. The molecule has 0 spiro atoms. The van der Waals surface area contributed by atoms with E-state index in [9.17, 15) is 14.4 Å². The number of ether oxygens (including phenoxy) is 3. The molecule has 0 N–H and O–H groups in total. The van der Waals surface area contributed by atoms with Crippen molar-refractivity contribution in [1.29, 1.82) is 0 Å². The van der Waals surface area contributed by atoms with E-state index in [1.165, 1.54) is 154 Å². The summed E-state index contributed by atoms with van der Waals surface area (Å²) in [4.78, 5) is 38.0. The summed E-state index contributed by atoms with van der Waals surface area (Å²) in [5.74, 6) is -0.888. The van der Waals surface area contributed by atoms with Gasteiger partial charge in [0, 0.05) is 19.3 Å². The molecule has 0 aliphatic rings. The van der Waals surface area contributed by atoms with E-state index in [2.05, 4.69) is 57.2 Å². The molecule has 0 aliphatic carbocycles. The van der Waals surface area contributed by atoms with E-state index < -0.39 is 6.10 Å². The molecule has 0 aromatic rings. The molecule has 0 radical (unpaired) electrons. The molecule has 0 rings (SSSR count). The maximum Gasteiger partial charge on any atom is 0.306 e. The van der Waals surface area contributed by atoms with Gasteiger partial charge in [-0.1, -0.05) is 224 Å². The van der Waals surface area contributed by atoms with Crippen molar-refractivity contribution >= 4 is 17.9 Å². The second-order valence-corrected chi connectivity index (χ2v) is 18.1. The fraction of sp³-hybridized carbons (Fsp3) is 0.839. The Labute approximate surface area is 385 Å². The molecule has 0 aromatic carbocycles. The molecule has 0 saturated heterocycles. The van der Waals surface area contributed by atoms with Crippen LogP contribution in [0.5, 0.6) is 0 Å². The number of hydrogen-bond acceptors (Lipinski definition) is 6. The first kappa shape index (κ1) is 59.6. The average Bonchev–Trinajstić information content (AvgIpc) is 3.27. The highest BCUT2D eigenvalue weighted by atomic mass is 16.6. The molecule has 0 heterocycles. The number of unbranched alkanes of at least 4 members (excludes halogenated alkanes) is 32. The molecule has 0 aliphatic heterocycles. The number of hydrogen-bond donors (Lipinski definition) is 0. The Morgan fingerprint density at radius 1 is 0.323 bits per heavy atom. The molecular weight excluding hydrogens is 769 g/mol. The van der Waals surface area contributed by atoms with Gasteiger partial charge in [-0.15, -0.1) is 0 Å². The maximum atomic E-state index is 12.8. The summed E-state index contributed by atoms with van der Waals surface area (Å²) in [7, 11) is 0. The van der Waals surface area contributed by atoms with E-state index in [4.69, 9.17) is 14.2 Å². The van der Waals surface area contributed by atoms with Crippen LogP contribution in [-0.2, 0) is 28.6 Å². The van der Waals surface area contributed by atoms with Gasteiger partial charge in [0.05, 0.1) is 0 Å². The molecule has 6 heteroatoms. The minimum absolute atomic E-state index is 0.0773. The van der Waals surface area contributed by atoms with Gasteiger partial charge in [0.15, 0.2) is 6.10 Å². The summed E-state index contributed by atoms with van der Waals surface area (Å²) in [6.45, 7) is 6.61. The first-order valence-electron chi connectivity index (χ1n) is 27.0. The van der Waals surface area contributed by atoms with E-state index in [-0.39, 0.29) is 31.1 Å². The monoisotopic (exact) mass is 871 g/mol. The van der Waals surface area contributed by atoms with Crippen molar-refractivity contribution in [3.05, 3.63) is 36.5 Å². The normalized spacial score (nSPS) is 12.2. The molecular formula is C56H102O6. The SMILES string of the molecule is CCCCC/C=C\C/C=C\CCCCCCCC(=O)OC(COC(=O)CCCCCCC/C=C\CCCCCC)COC(=O)CCCCCCCCCCCCCCCCCC. The van der Waals surface area contributed by atoms with Crippen molar-refractivity contribution in [3.8, 4) is 0 Å². The quantitative estimate of drug-likeness (QED) is 0.0262. The van der Waals surface area contributed by atoms with Crippen LogP contribution in [0.2, 0.25) is 0 Å². The summed E-state index contributed by atoms with van der Waals surface area (Å²) in [5.41, 5.74) is 0. The third kappa shape index (κ3) is 48.7. The van der Waals surface area contributed by atoms with E-state index in [1.54, 1.807) is 0 Å². The minimum Gasteiger partial charge on any atom is -0.462 e. The fourth-order valence-corrected chi connectivity index (χ4v) is 7.76. The maximum absolute atomic E-state index is 12.8. The first-order chi connectivity index (χ1) is 30.5. The van der Waals surface area contributed by atoms with Crippen LogP contribution >= 0.6 is 0 Å². The number of rotatable bonds is 49. The molecule has 0 saturated carbocycles. The summed E-state index contributed by atoms with van der Waals surface area (Å²) < 4.78 is 16.8. The van der Waals surface area contributed by atoms with Crippen molar-refractivity contribution in [2.75, 3.05) is 13.2 Å². The molecule has 0 fully saturated rings. The van der Waals surface area contributed by atoms with Crippen molar-refractivity contribution in [1.82, 2.24) is 0 Å². The number of carbonyl (C=O) groups is 3. The van der Waals surface area contributed by atoms with Crippen LogP contribution in [0.15, 0.2) is 36.5 Å². The third-order valence-electron chi connectivity index (χ3n) is 11.9.